The van der Waals surface area contributed by atoms with Gasteiger partial charge >= 0.3 is 5.97 Å². The van der Waals surface area contributed by atoms with Crippen molar-refractivity contribution in [1.29, 1.82) is 0 Å². The molecule has 1 aromatic carbocycles. The Kier molecular flexibility index (Phi) is 4.93. The van der Waals surface area contributed by atoms with Crippen LogP contribution in [0.1, 0.15) is 16.1 Å². The molecule has 110 valence electrons. The zero-order valence-electron chi connectivity index (χ0n) is 11.1. The first-order valence-electron chi connectivity index (χ1n) is 5.97. The Bertz CT molecular complexity index is 683. The molecule has 0 radical (unpaired) electrons. The number of thioether (sulfide) groups is 1. The van der Waals surface area contributed by atoms with E-state index >= 15 is 0 Å². The van der Waals surface area contributed by atoms with Crippen LogP contribution in [0, 0.1) is 6.92 Å². The van der Waals surface area contributed by atoms with Crippen molar-refractivity contribution >= 4 is 40.9 Å². The summed E-state index contributed by atoms with van der Waals surface area (Å²) in [6, 6.07) is 8.20. The molecule has 0 bridgehead atoms. The zero-order valence-corrected chi connectivity index (χ0v) is 12.6. The van der Waals surface area contributed by atoms with Gasteiger partial charge in [0.2, 0.25) is 11.7 Å². The second-order valence-electron chi connectivity index (χ2n) is 4.24. The topological polar surface area (TPSA) is 79.5 Å². The summed E-state index contributed by atoms with van der Waals surface area (Å²) in [5.74, 6) is -1.45. The lowest BCUT2D eigenvalue weighted by Gasteiger charge is -2.07. The average Bonchev–Trinajstić information content (AvgIpc) is 2.89. The second-order valence-corrected chi connectivity index (χ2v) is 5.63. The molecule has 0 aliphatic heterocycles. The number of halogens is 1. The highest BCUT2D eigenvalue weighted by atomic mass is 35.5. The van der Waals surface area contributed by atoms with E-state index in [0.29, 0.717) is 15.8 Å². The van der Waals surface area contributed by atoms with E-state index in [-0.39, 0.29) is 17.4 Å². The predicted octanol–water partition coefficient (Wildman–Crippen LogP) is 3.67. The van der Waals surface area contributed by atoms with E-state index in [0.717, 1.165) is 17.3 Å². The summed E-state index contributed by atoms with van der Waals surface area (Å²) < 4.78 is 5.04. The van der Waals surface area contributed by atoms with Crippen molar-refractivity contribution in [2.24, 2.45) is 0 Å². The molecule has 1 amide bonds. The summed E-state index contributed by atoms with van der Waals surface area (Å²) in [4.78, 5) is 22.5. The Morgan fingerprint density at radius 3 is 2.71 bits per heavy atom. The van der Waals surface area contributed by atoms with Gasteiger partial charge in [-0.2, -0.15) is 0 Å². The van der Waals surface area contributed by atoms with Gasteiger partial charge in [-0.05, 0) is 36.8 Å². The number of carbonyl (C=O) groups excluding carboxylic acids is 1. The van der Waals surface area contributed by atoms with Crippen molar-refractivity contribution in [2.75, 3.05) is 11.1 Å². The molecule has 7 heteroatoms. The van der Waals surface area contributed by atoms with Gasteiger partial charge in [-0.15, -0.1) is 0 Å². The Balaban J connectivity index is 1.91. The quantitative estimate of drug-likeness (QED) is 0.820. The van der Waals surface area contributed by atoms with Gasteiger partial charge in [0, 0.05) is 0 Å². The molecule has 2 N–H and O–H groups in total. The van der Waals surface area contributed by atoms with Crippen molar-refractivity contribution in [2.45, 2.75) is 12.0 Å². The summed E-state index contributed by atoms with van der Waals surface area (Å²) in [6.45, 7) is 1.91. The summed E-state index contributed by atoms with van der Waals surface area (Å²) in [7, 11) is 0. The van der Waals surface area contributed by atoms with E-state index in [9.17, 15) is 9.59 Å². The fourth-order valence-electron chi connectivity index (χ4n) is 1.56. The van der Waals surface area contributed by atoms with Gasteiger partial charge in [-0.3, -0.25) is 4.79 Å². The number of aryl methyl sites for hydroxylation is 1. The standard InChI is InChI=1S/C14H12ClNO4S/c1-8-2-3-10(9(15)6-8)16-12(17)7-21-13-5-4-11(20-13)14(18)19/h2-6H,7H2,1H3,(H,16,17)(H,18,19). The molecular formula is C14H12ClNO4S. The highest BCUT2D eigenvalue weighted by Gasteiger charge is 2.11. The third kappa shape index (κ3) is 4.27. The van der Waals surface area contributed by atoms with Gasteiger partial charge in [-0.25, -0.2) is 4.79 Å². The number of aromatic carboxylic acids is 1. The Hall–Kier alpha value is -1.92. The molecule has 0 aliphatic carbocycles. The molecule has 21 heavy (non-hydrogen) atoms. The first-order valence-corrected chi connectivity index (χ1v) is 7.34. The number of rotatable bonds is 5. The van der Waals surface area contributed by atoms with Gasteiger partial charge in [0.25, 0.3) is 0 Å². The van der Waals surface area contributed by atoms with E-state index < -0.39 is 5.97 Å². The molecular weight excluding hydrogens is 314 g/mol. The zero-order chi connectivity index (χ0) is 15.4. The van der Waals surface area contributed by atoms with Gasteiger partial charge in [0.05, 0.1) is 16.5 Å². The van der Waals surface area contributed by atoms with Crippen LogP contribution >= 0.6 is 23.4 Å². The molecule has 2 rings (SSSR count). The van der Waals surface area contributed by atoms with Gasteiger partial charge in [-0.1, -0.05) is 29.4 Å². The SMILES string of the molecule is Cc1ccc(NC(=O)CSc2ccc(C(=O)O)o2)c(Cl)c1. The highest BCUT2D eigenvalue weighted by Crippen LogP contribution is 2.24. The molecule has 0 aliphatic rings. The van der Waals surface area contributed by atoms with Crippen LogP contribution in [0.3, 0.4) is 0 Å². The van der Waals surface area contributed by atoms with Gasteiger partial charge in [0.15, 0.2) is 5.09 Å². The van der Waals surface area contributed by atoms with E-state index in [1.807, 2.05) is 13.0 Å². The molecule has 1 aromatic heterocycles. The van der Waals surface area contributed by atoms with E-state index in [1.165, 1.54) is 12.1 Å². The highest BCUT2D eigenvalue weighted by molar-refractivity contribution is 7.99. The number of anilines is 1. The van der Waals surface area contributed by atoms with Crippen molar-refractivity contribution < 1.29 is 19.1 Å². The first kappa shape index (κ1) is 15.5. The van der Waals surface area contributed by atoms with Gasteiger partial charge < -0.3 is 14.8 Å². The largest absolute Gasteiger partial charge is 0.475 e. The number of hydrogen-bond donors (Lipinski definition) is 2. The maximum Gasteiger partial charge on any atom is 0.371 e. The summed E-state index contributed by atoms with van der Waals surface area (Å²) in [5, 5.41) is 12.3. The molecule has 0 saturated carbocycles. The molecule has 0 saturated heterocycles. The smallest absolute Gasteiger partial charge is 0.371 e. The van der Waals surface area contributed by atoms with E-state index in [1.54, 1.807) is 12.1 Å². The lowest BCUT2D eigenvalue weighted by molar-refractivity contribution is -0.113. The fourth-order valence-corrected chi connectivity index (χ4v) is 2.50. The number of carbonyl (C=O) groups is 2. The van der Waals surface area contributed by atoms with Crippen molar-refractivity contribution in [3.63, 3.8) is 0 Å². The van der Waals surface area contributed by atoms with Crippen LogP contribution < -0.4 is 5.32 Å². The first-order chi connectivity index (χ1) is 9.95. The minimum atomic E-state index is -1.14. The molecule has 0 fully saturated rings. The Morgan fingerprint density at radius 1 is 1.33 bits per heavy atom. The van der Waals surface area contributed by atoms with Crippen LogP contribution in [0.25, 0.3) is 0 Å². The van der Waals surface area contributed by atoms with Crippen molar-refractivity contribution in [1.82, 2.24) is 0 Å². The second kappa shape index (κ2) is 6.69. The van der Waals surface area contributed by atoms with Crippen LogP contribution in [0.15, 0.2) is 39.8 Å². The van der Waals surface area contributed by atoms with Gasteiger partial charge in [0.1, 0.15) is 0 Å². The summed E-state index contributed by atoms with van der Waals surface area (Å²) in [6.07, 6.45) is 0. The average molecular weight is 326 g/mol. The van der Waals surface area contributed by atoms with Crippen LogP contribution in [-0.2, 0) is 4.79 Å². The number of benzene rings is 1. The molecule has 1 heterocycles. The lowest BCUT2D eigenvalue weighted by Crippen LogP contribution is -2.14. The van der Waals surface area contributed by atoms with Crippen LogP contribution in [0.4, 0.5) is 5.69 Å². The predicted molar refractivity (Wildman–Crippen MR) is 81.2 cm³/mol. The number of hydrogen-bond acceptors (Lipinski definition) is 4. The number of amides is 1. The summed E-state index contributed by atoms with van der Waals surface area (Å²) in [5.41, 5.74) is 1.54. The maximum absolute atomic E-state index is 11.8. The summed E-state index contributed by atoms with van der Waals surface area (Å²) >= 11 is 7.13. The number of carboxylic acid groups (broad SMARTS) is 1. The molecule has 0 atom stereocenters. The molecule has 0 unspecified atom stereocenters. The van der Waals surface area contributed by atoms with Crippen molar-refractivity contribution in [3.05, 3.63) is 46.7 Å². The monoisotopic (exact) mass is 325 g/mol. The number of furan rings is 1. The third-order valence-corrected chi connectivity index (χ3v) is 3.76. The third-order valence-electron chi connectivity index (χ3n) is 2.54. The van der Waals surface area contributed by atoms with Crippen LogP contribution in [0.2, 0.25) is 5.02 Å². The molecule has 2 aromatic rings. The van der Waals surface area contributed by atoms with E-state index in [4.69, 9.17) is 21.1 Å². The van der Waals surface area contributed by atoms with Crippen LogP contribution in [0.5, 0.6) is 0 Å². The number of nitrogens with one attached hydrogen (secondary N) is 1. The Morgan fingerprint density at radius 2 is 2.10 bits per heavy atom. The Labute approximate surface area is 130 Å². The van der Waals surface area contributed by atoms with Crippen molar-refractivity contribution in [3.8, 4) is 0 Å². The molecule has 5 nitrogen and oxygen atoms in total. The normalized spacial score (nSPS) is 10.4. The number of carboxylic acids is 1. The fraction of sp³-hybridized carbons (Fsp3) is 0.143. The minimum absolute atomic E-state index is 0.0940. The molecule has 0 spiro atoms. The van der Waals surface area contributed by atoms with E-state index in [2.05, 4.69) is 5.32 Å². The maximum atomic E-state index is 11.8. The van der Waals surface area contributed by atoms with Crippen LogP contribution in [-0.4, -0.2) is 22.7 Å². The lowest BCUT2D eigenvalue weighted by atomic mass is 10.2. The minimum Gasteiger partial charge on any atom is -0.475 e.